The Labute approximate surface area is 110 Å². The fraction of sp³-hybridized carbons (Fsp3) is 0.333. The highest BCUT2D eigenvalue weighted by Gasteiger charge is 2.40. The number of nitriles is 1. The lowest BCUT2D eigenvalue weighted by Crippen LogP contribution is -2.40. The van der Waals surface area contributed by atoms with Gasteiger partial charge in [-0.25, -0.2) is 8.42 Å². The van der Waals surface area contributed by atoms with Crippen LogP contribution in [0, 0.1) is 11.3 Å². The first kappa shape index (κ1) is 13.5. The van der Waals surface area contributed by atoms with Gasteiger partial charge in [-0.3, -0.25) is 4.79 Å². The highest BCUT2D eigenvalue weighted by molar-refractivity contribution is 7.89. The fourth-order valence-electron chi connectivity index (χ4n) is 2.18. The number of benzene rings is 1. The molecule has 1 heterocycles. The van der Waals surface area contributed by atoms with Crippen molar-refractivity contribution in [2.75, 3.05) is 6.54 Å². The lowest BCUT2D eigenvalue weighted by molar-refractivity contribution is -0.140. The number of nitrogens with zero attached hydrogens (tertiary/aromatic N) is 2. The number of sulfonamides is 1. The lowest BCUT2D eigenvalue weighted by Gasteiger charge is -2.21. The molecule has 0 amide bonds. The first-order valence-corrected chi connectivity index (χ1v) is 7.16. The van der Waals surface area contributed by atoms with Crippen molar-refractivity contribution >= 4 is 16.0 Å². The summed E-state index contributed by atoms with van der Waals surface area (Å²) < 4.78 is 25.8. The molecule has 0 radical (unpaired) electrons. The van der Waals surface area contributed by atoms with E-state index in [0.29, 0.717) is 12.8 Å². The van der Waals surface area contributed by atoms with E-state index in [9.17, 15) is 13.2 Å². The van der Waals surface area contributed by atoms with Crippen LogP contribution in [0.4, 0.5) is 0 Å². The van der Waals surface area contributed by atoms with Crippen LogP contribution in [0.5, 0.6) is 0 Å². The second-order valence-corrected chi connectivity index (χ2v) is 6.08. The van der Waals surface area contributed by atoms with E-state index < -0.39 is 22.0 Å². The summed E-state index contributed by atoms with van der Waals surface area (Å²) in [5.74, 6) is -1.16. The number of aliphatic carboxylic acids is 1. The van der Waals surface area contributed by atoms with Crippen LogP contribution >= 0.6 is 0 Å². The van der Waals surface area contributed by atoms with E-state index in [1.54, 1.807) is 6.07 Å². The standard InChI is InChI=1S/C12H12N2O4S/c13-8-9-4-1-2-6-11(9)19(17,18)14-7-3-5-10(14)12(15)16/h1-2,4,6,10H,3,5,7H2,(H,15,16)/t10-/m0/s1. The third kappa shape index (κ3) is 2.32. The number of carboxylic acids is 1. The highest BCUT2D eigenvalue weighted by Crippen LogP contribution is 2.27. The molecule has 1 aliphatic heterocycles. The van der Waals surface area contributed by atoms with Gasteiger partial charge in [-0.15, -0.1) is 0 Å². The predicted octanol–water partition coefficient (Wildman–Crippen LogP) is 0.796. The SMILES string of the molecule is N#Cc1ccccc1S(=O)(=O)N1CCC[C@H]1C(=O)O. The van der Waals surface area contributed by atoms with Crippen molar-refractivity contribution in [3.8, 4) is 6.07 Å². The van der Waals surface area contributed by atoms with E-state index >= 15 is 0 Å². The minimum absolute atomic E-state index is 0.0264. The number of rotatable bonds is 3. The van der Waals surface area contributed by atoms with Crippen molar-refractivity contribution in [3.05, 3.63) is 29.8 Å². The zero-order chi connectivity index (χ0) is 14.0. The normalized spacial score (nSPS) is 20.1. The van der Waals surface area contributed by atoms with Crippen molar-refractivity contribution in [3.63, 3.8) is 0 Å². The number of carbonyl (C=O) groups is 1. The van der Waals surface area contributed by atoms with E-state index in [1.165, 1.54) is 18.2 Å². The first-order chi connectivity index (χ1) is 8.98. The zero-order valence-electron chi connectivity index (χ0n) is 9.98. The van der Waals surface area contributed by atoms with Crippen molar-refractivity contribution in [1.82, 2.24) is 4.31 Å². The molecule has 0 bridgehead atoms. The Balaban J connectivity index is 2.49. The van der Waals surface area contributed by atoms with E-state index in [4.69, 9.17) is 10.4 Å². The van der Waals surface area contributed by atoms with Gasteiger partial charge >= 0.3 is 5.97 Å². The van der Waals surface area contributed by atoms with Crippen LogP contribution in [0.15, 0.2) is 29.2 Å². The Morgan fingerprint density at radius 3 is 2.74 bits per heavy atom. The molecule has 2 rings (SSSR count). The van der Waals surface area contributed by atoms with Gasteiger partial charge in [-0.2, -0.15) is 9.57 Å². The molecule has 6 nitrogen and oxygen atoms in total. The molecular weight excluding hydrogens is 268 g/mol. The summed E-state index contributed by atoms with van der Waals surface area (Å²) in [6.07, 6.45) is 0.800. The Bertz CT molecular complexity index is 648. The summed E-state index contributed by atoms with van der Waals surface area (Å²) in [7, 11) is -3.95. The summed E-state index contributed by atoms with van der Waals surface area (Å²) in [5.41, 5.74) is 0.0264. The maximum atomic E-state index is 12.4. The smallest absolute Gasteiger partial charge is 0.322 e. The third-order valence-corrected chi connectivity index (χ3v) is 5.05. The maximum absolute atomic E-state index is 12.4. The number of carboxylic acid groups (broad SMARTS) is 1. The van der Waals surface area contributed by atoms with Crippen molar-refractivity contribution < 1.29 is 18.3 Å². The van der Waals surface area contributed by atoms with Crippen LogP contribution in [0.3, 0.4) is 0 Å². The molecule has 1 aliphatic rings. The Kier molecular flexibility index (Phi) is 3.55. The summed E-state index contributed by atoms with van der Waals surface area (Å²) in [4.78, 5) is 10.9. The second kappa shape index (κ2) is 4.99. The molecule has 0 unspecified atom stereocenters. The van der Waals surface area contributed by atoms with Gasteiger partial charge in [0.05, 0.1) is 10.5 Å². The Morgan fingerprint density at radius 2 is 2.11 bits per heavy atom. The molecular formula is C12H12N2O4S. The van der Waals surface area contributed by atoms with Crippen LogP contribution in [0.1, 0.15) is 18.4 Å². The van der Waals surface area contributed by atoms with Crippen molar-refractivity contribution in [2.45, 2.75) is 23.8 Å². The van der Waals surface area contributed by atoms with Crippen molar-refractivity contribution in [1.29, 1.82) is 5.26 Å². The minimum atomic E-state index is -3.95. The lowest BCUT2D eigenvalue weighted by atomic mass is 10.2. The molecule has 7 heteroatoms. The van der Waals surface area contributed by atoms with Gasteiger partial charge in [-0.05, 0) is 25.0 Å². The van der Waals surface area contributed by atoms with Crippen LogP contribution in [-0.4, -0.2) is 36.4 Å². The molecule has 0 aliphatic carbocycles. The molecule has 1 fully saturated rings. The maximum Gasteiger partial charge on any atom is 0.322 e. The highest BCUT2D eigenvalue weighted by atomic mass is 32.2. The summed E-state index contributed by atoms with van der Waals surface area (Å²) in [5, 5.41) is 18.0. The zero-order valence-corrected chi connectivity index (χ0v) is 10.8. The van der Waals surface area contributed by atoms with E-state index in [2.05, 4.69) is 0 Å². The van der Waals surface area contributed by atoms with Crippen LogP contribution in [0.2, 0.25) is 0 Å². The fourth-order valence-corrected chi connectivity index (χ4v) is 3.98. The Morgan fingerprint density at radius 1 is 1.42 bits per heavy atom. The summed E-state index contributed by atoms with van der Waals surface area (Å²) >= 11 is 0. The van der Waals surface area contributed by atoms with Gasteiger partial charge < -0.3 is 5.11 Å². The summed E-state index contributed by atoms with van der Waals surface area (Å²) in [6, 6.07) is 6.58. The molecule has 0 saturated carbocycles. The average Bonchev–Trinajstić information content (AvgIpc) is 2.88. The molecule has 0 aromatic heterocycles. The minimum Gasteiger partial charge on any atom is -0.480 e. The van der Waals surface area contributed by atoms with Gasteiger partial charge in [-0.1, -0.05) is 12.1 Å². The quantitative estimate of drug-likeness (QED) is 0.882. The third-order valence-electron chi connectivity index (χ3n) is 3.08. The van der Waals surface area contributed by atoms with Gasteiger partial charge in [0, 0.05) is 6.54 Å². The molecule has 1 atom stereocenters. The van der Waals surface area contributed by atoms with Crippen LogP contribution < -0.4 is 0 Å². The van der Waals surface area contributed by atoms with Crippen LogP contribution in [0.25, 0.3) is 0 Å². The van der Waals surface area contributed by atoms with Gasteiger partial charge in [0.2, 0.25) is 10.0 Å². The van der Waals surface area contributed by atoms with E-state index in [-0.39, 0.29) is 17.0 Å². The topological polar surface area (TPSA) is 98.5 Å². The number of hydrogen-bond acceptors (Lipinski definition) is 4. The summed E-state index contributed by atoms with van der Waals surface area (Å²) in [6.45, 7) is 0.166. The molecule has 0 spiro atoms. The van der Waals surface area contributed by atoms with Gasteiger partial charge in [0.15, 0.2) is 0 Å². The predicted molar refractivity (Wildman–Crippen MR) is 65.7 cm³/mol. The second-order valence-electron chi connectivity index (χ2n) is 4.22. The van der Waals surface area contributed by atoms with E-state index in [0.717, 1.165) is 4.31 Å². The Hall–Kier alpha value is -1.91. The first-order valence-electron chi connectivity index (χ1n) is 5.72. The molecule has 1 aromatic carbocycles. The molecule has 1 saturated heterocycles. The van der Waals surface area contributed by atoms with Crippen LogP contribution in [-0.2, 0) is 14.8 Å². The van der Waals surface area contributed by atoms with Crippen molar-refractivity contribution in [2.24, 2.45) is 0 Å². The molecule has 100 valence electrons. The molecule has 1 aromatic rings. The largest absolute Gasteiger partial charge is 0.480 e. The van der Waals surface area contributed by atoms with Gasteiger partial charge in [0.1, 0.15) is 12.1 Å². The average molecular weight is 280 g/mol. The number of hydrogen-bond donors (Lipinski definition) is 1. The molecule has 1 N–H and O–H groups in total. The van der Waals surface area contributed by atoms with E-state index in [1.807, 2.05) is 6.07 Å². The monoisotopic (exact) mass is 280 g/mol. The molecule has 19 heavy (non-hydrogen) atoms. The van der Waals surface area contributed by atoms with Gasteiger partial charge in [0.25, 0.3) is 0 Å².